The molecule has 1 N–H and O–H groups in total. The van der Waals surface area contributed by atoms with Crippen LogP contribution in [0.4, 0.5) is 5.69 Å². The molecule has 1 heterocycles. The van der Waals surface area contributed by atoms with Crippen LogP contribution >= 0.6 is 11.6 Å². The molecule has 1 saturated heterocycles. The van der Waals surface area contributed by atoms with Gasteiger partial charge >= 0.3 is 0 Å². The van der Waals surface area contributed by atoms with E-state index < -0.39 is 6.04 Å². The predicted octanol–water partition coefficient (Wildman–Crippen LogP) is 1.06. The van der Waals surface area contributed by atoms with E-state index in [-0.39, 0.29) is 23.9 Å². The molecule has 5 nitrogen and oxygen atoms in total. The number of halogens is 1. The fourth-order valence-corrected chi connectivity index (χ4v) is 2.08. The largest absolute Gasteiger partial charge is 0.349 e. The number of hydrogen-bond donors (Lipinski definition) is 1. The quantitative estimate of drug-likeness (QED) is 0.769. The summed E-state index contributed by atoms with van der Waals surface area (Å²) in [6.45, 7) is 1.70. The minimum Gasteiger partial charge on any atom is -0.349 e. The van der Waals surface area contributed by atoms with Crippen LogP contribution in [0.25, 0.3) is 0 Å². The zero-order valence-corrected chi connectivity index (χ0v) is 10.4. The number of amides is 2. The van der Waals surface area contributed by atoms with E-state index in [1.54, 1.807) is 30.0 Å². The molecule has 1 fully saturated rings. The molecule has 0 radical (unpaired) electrons. The molecule has 2 amide bonds. The summed E-state index contributed by atoms with van der Waals surface area (Å²) in [5.74, 6) is -0.767. The van der Waals surface area contributed by atoms with Crippen LogP contribution in [-0.2, 0) is 9.59 Å². The molecule has 18 heavy (non-hydrogen) atoms. The Morgan fingerprint density at radius 3 is 2.89 bits per heavy atom. The monoisotopic (exact) mass is 263 g/mol. The number of carbonyl (C=O) groups is 2. The number of anilines is 1. The van der Waals surface area contributed by atoms with Crippen molar-refractivity contribution in [3.63, 3.8) is 0 Å². The van der Waals surface area contributed by atoms with Crippen molar-refractivity contribution in [2.45, 2.75) is 13.0 Å². The average molecular weight is 264 g/mol. The first-order valence-corrected chi connectivity index (χ1v) is 5.71. The van der Waals surface area contributed by atoms with E-state index in [1.165, 1.54) is 0 Å². The van der Waals surface area contributed by atoms with Crippen LogP contribution in [0.2, 0.25) is 5.02 Å². The second kappa shape index (κ2) is 4.67. The summed E-state index contributed by atoms with van der Waals surface area (Å²) < 4.78 is 0. The van der Waals surface area contributed by atoms with Crippen molar-refractivity contribution in [1.82, 2.24) is 5.32 Å². The van der Waals surface area contributed by atoms with Crippen molar-refractivity contribution in [3.05, 3.63) is 28.8 Å². The second-order valence-corrected chi connectivity index (χ2v) is 4.37. The minimum atomic E-state index is -0.520. The fourth-order valence-electron chi connectivity index (χ4n) is 1.87. The van der Waals surface area contributed by atoms with Crippen LogP contribution in [0.15, 0.2) is 18.2 Å². The lowest BCUT2D eigenvalue weighted by Gasteiger charge is -2.34. The molecule has 1 atom stereocenters. The van der Waals surface area contributed by atoms with Crippen molar-refractivity contribution < 1.29 is 9.59 Å². The molecular weight excluding hydrogens is 254 g/mol. The molecule has 0 spiro atoms. The molecule has 1 aromatic rings. The Bertz CT molecular complexity index is 565. The summed E-state index contributed by atoms with van der Waals surface area (Å²) in [6, 6.07) is 6.43. The Morgan fingerprint density at radius 2 is 2.22 bits per heavy atom. The van der Waals surface area contributed by atoms with E-state index in [0.29, 0.717) is 10.7 Å². The summed E-state index contributed by atoms with van der Waals surface area (Å²) in [4.78, 5) is 24.6. The maximum absolute atomic E-state index is 11.6. The van der Waals surface area contributed by atoms with Crippen LogP contribution in [0.5, 0.6) is 0 Å². The van der Waals surface area contributed by atoms with E-state index in [9.17, 15) is 9.59 Å². The van der Waals surface area contributed by atoms with Crippen LogP contribution in [0.1, 0.15) is 12.5 Å². The number of imide groups is 1. The molecule has 2 rings (SSSR count). The van der Waals surface area contributed by atoms with E-state index in [2.05, 4.69) is 5.32 Å². The highest BCUT2D eigenvalue weighted by atomic mass is 35.5. The smallest absolute Gasteiger partial charge is 0.249 e. The van der Waals surface area contributed by atoms with Gasteiger partial charge in [-0.25, -0.2) is 0 Å². The van der Waals surface area contributed by atoms with Crippen molar-refractivity contribution >= 4 is 29.1 Å². The number of benzene rings is 1. The topological polar surface area (TPSA) is 73.2 Å². The van der Waals surface area contributed by atoms with Gasteiger partial charge in [-0.05, 0) is 19.1 Å². The number of nitriles is 1. The van der Waals surface area contributed by atoms with Crippen LogP contribution < -0.4 is 10.2 Å². The zero-order chi connectivity index (χ0) is 13.3. The predicted molar refractivity (Wildman–Crippen MR) is 66.1 cm³/mol. The first-order valence-electron chi connectivity index (χ1n) is 5.33. The van der Waals surface area contributed by atoms with Gasteiger partial charge in [-0.1, -0.05) is 17.7 Å². The molecule has 0 aromatic heterocycles. The van der Waals surface area contributed by atoms with Gasteiger partial charge in [-0.2, -0.15) is 5.26 Å². The van der Waals surface area contributed by atoms with E-state index >= 15 is 0 Å². The molecule has 0 saturated carbocycles. The number of piperazine rings is 1. The van der Waals surface area contributed by atoms with Crippen LogP contribution in [0, 0.1) is 11.3 Å². The van der Waals surface area contributed by atoms with Crippen molar-refractivity contribution in [3.8, 4) is 6.07 Å². The Labute approximate surface area is 109 Å². The lowest BCUT2D eigenvalue weighted by Crippen LogP contribution is -2.57. The average Bonchev–Trinajstić information content (AvgIpc) is 2.33. The minimum absolute atomic E-state index is 0.0297. The number of nitrogens with one attached hydrogen (secondary N) is 1. The molecule has 1 aromatic carbocycles. The van der Waals surface area contributed by atoms with Gasteiger partial charge in [0.2, 0.25) is 11.8 Å². The summed E-state index contributed by atoms with van der Waals surface area (Å²) in [5.41, 5.74) is 0.772. The fraction of sp³-hybridized carbons (Fsp3) is 0.250. The molecular formula is C12H10ClN3O2. The third kappa shape index (κ3) is 2.03. The van der Waals surface area contributed by atoms with E-state index in [0.717, 1.165) is 0 Å². The first-order chi connectivity index (χ1) is 8.54. The van der Waals surface area contributed by atoms with E-state index in [4.69, 9.17) is 16.9 Å². The highest BCUT2D eigenvalue weighted by Gasteiger charge is 2.31. The highest BCUT2D eigenvalue weighted by Crippen LogP contribution is 2.28. The lowest BCUT2D eigenvalue weighted by atomic mass is 10.1. The van der Waals surface area contributed by atoms with E-state index in [1.807, 2.05) is 6.07 Å². The Balaban J connectivity index is 2.48. The van der Waals surface area contributed by atoms with Gasteiger partial charge in [0.15, 0.2) is 0 Å². The Hall–Kier alpha value is -2.06. The standard InChI is InChI=1S/C12H10ClN3O2/c1-7-12(18)15-11(17)6-16(7)10-4-2-3-9(13)8(10)5-14/h2-4,7H,6H2,1H3,(H,15,17,18). The highest BCUT2D eigenvalue weighted by molar-refractivity contribution is 6.32. The molecule has 92 valence electrons. The van der Waals surface area contributed by atoms with Crippen LogP contribution in [0.3, 0.4) is 0 Å². The molecule has 0 aliphatic carbocycles. The maximum atomic E-state index is 11.6. The normalized spacial score (nSPS) is 19.4. The first kappa shape index (κ1) is 12.4. The summed E-state index contributed by atoms with van der Waals surface area (Å²) in [6.07, 6.45) is 0. The Morgan fingerprint density at radius 1 is 1.50 bits per heavy atom. The molecule has 1 unspecified atom stereocenters. The van der Waals surface area contributed by atoms with Gasteiger partial charge in [0.05, 0.1) is 22.8 Å². The zero-order valence-electron chi connectivity index (χ0n) is 9.61. The number of rotatable bonds is 1. The van der Waals surface area contributed by atoms with Gasteiger partial charge in [-0.15, -0.1) is 0 Å². The number of nitrogens with zero attached hydrogens (tertiary/aromatic N) is 2. The third-order valence-electron chi connectivity index (χ3n) is 2.84. The molecule has 6 heteroatoms. The third-order valence-corrected chi connectivity index (χ3v) is 3.15. The Kier molecular flexibility index (Phi) is 3.21. The van der Waals surface area contributed by atoms with Crippen molar-refractivity contribution in [2.75, 3.05) is 11.4 Å². The molecule has 1 aliphatic heterocycles. The van der Waals surface area contributed by atoms with Gasteiger partial charge in [0.25, 0.3) is 0 Å². The number of hydrogen-bond acceptors (Lipinski definition) is 4. The maximum Gasteiger partial charge on any atom is 0.249 e. The lowest BCUT2D eigenvalue weighted by molar-refractivity contribution is -0.132. The molecule has 0 bridgehead atoms. The van der Waals surface area contributed by atoms with Crippen LogP contribution in [-0.4, -0.2) is 24.4 Å². The molecule has 1 aliphatic rings. The summed E-state index contributed by atoms with van der Waals surface area (Å²) >= 11 is 5.93. The SMILES string of the molecule is CC1C(=O)NC(=O)CN1c1cccc(Cl)c1C#N. The summed E-state index contributed by atoms with van der Waals surface area (Å²) in [7, 11) is 0. The summed E-state index contributed by atoms with van der Waals surface area (Å²) in [5, 5.41) is 11.7. The van der Waals surface area contributed by atoms with Crippen molar-refractivity contribution in [1.29, 1.82) is 5.26 Å². The van der Waals surface area contributed by atoms with Gasteiger partial charge in [0.1, 0.15) is 12.1 Å². The van der Waals surface area contributed by atoms with Gasteiger partial charge in [-0.3, -0.25) is 14.9 Å². The second-order valence-electron chi connectivity index (χ2n) is 3.96. The van der Waals surface area contributed by atoms with Gasteiger partial charge in [0, 0.05) is 0 Å². The number of carbonyl (C=O) groups excluding carboxylic acids is 2. The van der Waals surface area contributed by atoms with Crippen molar-refractivity contribution in [2.24, 2.45) is 0 Å². The van der Waals surface area contributed by atoms with Gasteiger partial charge < -0.3 is 4.90 Å².